The fourth-order valence-corrected chi connectivity index (χ4v) is 0.352. The lowest BCUT2D eigenvalue weighted by molar-refractivity contribution is 0.0300. The van der Waals surface area contributed by atoms with Crippen molar-refractivity contribution in [3.8, 4) is 12.3 Å². The van der Waals surface area contributed by atoms with E-state index in [0.29, 0.717) is 13.2 Å². The van der Waals surface area contributed by atoms with Crippen LogP contribution < -0.4 is 0 Å². The van der Waals surface area contributed by atoms with Gasteiger partial charge in [0.2, 0.25) is 0 Å². The fraction of sp³-hybridized carbons (Fsp3) is 0.714. The third kappa shape index (κ3) is 5.35. The molecule has 0 saturated heterocycles. The van der Waals surface area contributed by atoms with Crippen LogP contribution in [0.4, 0.5) is 0 Å². The van der Waals surface area contributed by atoms with E-state index in [1.165, 1.54) is 0 Å². The van der Waals surface area contributed by atoms with Crippen LogP contribution in [-0.4, -0.2) is 26.4 Å². The van der Waals surface area contributed by atoms with Gasteiger partial charge in [-0.05, 0) is 6.92 Å². The van der Waals surface area contributed by atoms with Crippen LogP contribution in [0.2, 0.25) is 0 Å². The molecule has 0 aliphatic carbocycles. The molecule has 0 rings (SSSR count). The van der Waals surface area contributed by atoms with Gasteiger partial charge < -0.3 is 9.47 Å². The number of rotatable bonds is 4. The summed E-state index contributed by atoms with van der Waals surface area (Å²) < 4.78 is 9.88. The predicted octanol–water partition coefficient (Wildman–Crippen LogP) is 0.671. The smallest absolute Gasteiger partial charge is 0.107 e. The Morgan fingerprint density at radius 1 is 1.67 bits per heavy atom. The minimum atomic E-state index is 0.137. The van der Waals surface area contributed by atoms with E-state index in [0.717, 1.165) is 0 Å². The Morgan fingerprint density at radius 3 is 2.78 bits per heavy atom. The summed E-state index contributed by atoms with van der Waals surface area (Å²) in [6.45, 7) is 2.87. The zero-order chi connectivity index (χ0) is 7.11. The maximum atomic E-state index is 4.97. The van der Waals surface area contributed by atoms with Crippen molar-refractivity contribution in [2.75, 3.05) is 20.3 Å². The Hall–Kier alpha value is -0.520. The lowest BCUT2D eigenvalue weighted by Crippen LogP contribution is -2.13. The third-order valence-corrected chi connectivity index (χ3v) is 0.940. The number of terminal acetylenes is 1. The molecular weight excluding hydrogens is 116 g/mol. The molecule has 1 unspecified atom stereocenters. The van der Waals surface area contributed by atoms with Gasteiger partial charge in [0.05, 0.1) is 12.7 Å². The molecule has 2 heteroatoms. The highest BCUT2D eigenvalue weighted by atomic mass is 16.5. The van der Waals surface area contributed by atoms with Gasteiger partial charge in [-0.25, -0.2) is 0 Å². The molecule has 0 N–H and O–H groups in total. The van der Waals surface area contributed by atoms with Gasteiger partial charge in [0.1, 0.15) is 6.61 Å². The van der Waals surface area contributed by atoms with Gasteiger partial charge in [-0.1, -0.05) is 5.92 Å². The highest BCUT2D eigenvalue weighted by molar-refractivity contribution is 4.82. The average Bonchev–Trinajstić information content (AvgIpc) is 1.89. The molecule has 52 valence electrons. The van der Waals surface area contributed by atoms with E-state index in [9.17, 15) is 0 Å². The van der Waals surface area contributed by atoms with Crippen LogP contribution >= 0.6 is 0 Å². The molecule has 0 bridgehead atoms. The second-order valence-electron chi connectivity index (χ2n) is 1.77. The molecule has 1 atom stereocenters. The maximum absolute atomic E-state index is 4.97. The first-order valence-electron chi connectivity index (χ1n) is 2.85. The Balaban J connectivity index is 2.99. The quantitative estimate of drug-likeness (QED) is 0.409. The van der Waals surface area contributed by atoms with E-state index in [4.69, 9.17) is 15.9 Å². The normalized spacial score (nSPS) is 12.6. The van der Waals surface area contributed by atoms with E-state index < -0.39 is 0 Å². The molecule has 0 aromatic carbocycles. The molecule has 0 heterocycles. The van der Waals surface area contributed by atoms with E-state index in [1.54, 1.807) is 7.11 Å². The molecule has 0 amide bonds. The van der Waals surface area contributed by atoms with E-state index in [2.05, 4.69) is 5.92 Å². The minimum Gasteiger partial charge on any atom is -0.379 e. The number of hydrogen-bond donors (Lipinski definition) is 0. The summed E-state index contributed by atoms with van der Waals surface area (Å²) in [6, 6.07) is 0. The van der Waals surface area contributed by atoms with Crippen molar-refractivity contribution < 1.29 is 9.47 Å². The van der Waals surface area contributed by atoms with Gasteiger partial charge >= 0.3 is 0 Å². The second kappa shape index (κ2) is 5.61. The van der Waals surface area contributed by atoms with Gasteiger partial charge in [-0.2, -0.15) is 0 Å². The number of hydrogen-bond acceptors (Lipinski definition) is 2. The standard InChI is InChI=1S/C7H12O2/c1-4-5-9-6-7(2)8-3/h1,7H,5-6H2,2-3H3. The summed E-state index contributed by atoms with van der Waals surface area (Å²) in [5.74, 6) is 2.37. The highest BCUT2D eigenvalue weighted by Gasteiger charge is 1.95. The van der Waals surface area contributed by atoms with E-state index in [-0.39, 0.29) is 6.10 Å². The molecule has 9 heavy (non-hydrogen) atoms. The van der Waals surface area contributed by atoms with Crippen LogP contribution in [0.1, 0.15) is 6.92 Å². The second-order valence-corrected chi connectivity index (χ2v) is 1.77. The lowest BCUT2D eigenvalue weighted by atomic mass is 10.4. The molecule has 2 nitrogen and oxygen atoms in total. The van der Waals surface area contributed by atoms with Gasteiger partial charge in [-0.15, -0.1) is 6.42 Å². The molecule has 0 aliphatic rings. The van der Waals surface area contributed by atoms with Crippen LogP contribution in [0.3, 0.4) is 0 Å². The van der Waals surface area contributed by atoms with Crippen LogP contribution in [0, 0.1) is 12.3 Å². The van der Waals surface area contributed by atoms with Gasteiger partial charge in [0.15, 0.2) is 0 Å². The first-order chi connectivity index (χ1) is 4.31. The SMILES string of the molecule is C#CCOCC(C)OC. The molecule has 0 saturated carbocycles. The fourth-order valence-electron chi connectivity index (χ4n) is 0.352. The van der Waals surface area contributed by atoms with Crippen molar-refractivity contribution in [1.29, 1.82) is 0 Å². The Morgan fingerprint density at radius 2 is 2.33 bits per heavy atom. The molecule has 0 aromatic rings. The summed E-state index contributed by atoms with van der Waals surface area (Å²) in [6.07, 6.45) is 5.08. The van der Waals surface area contributed by atoms with Crippen LogP contribution in [0.25, 0.3) is 0 Å². The molecule has 0 radical (unpaired) electrons. The monoisotopic (exact) mass is 128 g/mol. The Labute approximate surface area is 56.2 Å². The number of methoxy groups -OCH3 is 1. The van der Waals surface area contributed by atoms with Gasteiger partial charge in [0, 0.05) is 7.11 Å². The van der Waals surface area contributed by atoms with Gasteiger partial charge in [-0.3, -0.25) is 0 Å². The third-order valence-electron chi connectivity index (χ3n) is 0.940. The average molecular weight is 128 g/mol. The minimum absolute atomic E-state index is 0.137. The molecule has 0 aromatic heterocycles. The van der Waals surface area contributed by atoms with Crippen molar-refractivity contribution >= 4 is 0 Å². The lowest BCUT2D eigenvalue weighted by Gasteiger charge is -2.06. The Kier molecular flexibility index (Phi) is 5.29. The maximum Gasteiger partial charge on any atom is 0.107 e. The van der Waals surface area contributed by atoms with Crippen molar-refractivity contribution in [3.05, 3.63) is 0 Å². The largest absolute Gasteiger partial charge is 0.379 e. The van der Waals surface area contributed by atoms with Gasteiger partial charge in [0.25, 0.3) is 0 Å². The first-order valence-corrected chi connectivity index (χ1v) is 2.85. The van der Waals surface area contributed by atoms with Crippen LogP contribution in [-0.2, 0) is 9.47 Å². The summed E-state index contributed by atoms with van der Waals surface area (Å²) in [7, 11) is 1.64. The summed E-state index contributed by atoms with van der Waals surface area (Å²) in [4.78, 5) is 0. The predicted molar refractivity (Wildman–Crippen MR) is 36.1 cm³/mol. The topological polar surface area (TPSA) is 18.5 Å². The zero-order valence-electron chi connectivity index (χ0n) is 5.89. The first kappa shape index (κ1) is 8.48. The van der Waals surface area contributed by atoms with Crippen molar-refractivity contribution in [2.45, 2.75) is 13.0 Å². The molecule has 0 fully saturated rings. The highest BCUT2D eigenvalue weighted by Crippen LogP contribution is 1.87. The van der Waals surface area contributed by atoms with Crippen LogP contribution in [0.5, 0.6) is 0 Å². The number of ether oxygens (including phenoxy) is 2. The molecular formula is C7H12O2. The van der Waals surface area contributed by atoms with E-state index >= 15 is 0 Å². The summed E-state index contributed by atoms with van der Waals surface area (Å²) >= 11 is 0. The molecule has 0 spiro atoms. The van der Waals surface area contributed by atoms with E-state index in [1.807, 2.05) is 6.92 Å². The Bertz CT molecular complexity index is 93.6. The summed E-state index contributed by atoms with van der Waals surface area (Å²) in [5.41, 5.74) is 0. The summed E-state index contributed by atoms with van der Waals surface area (Å²) in [5, 5.41) is 0. The van der Waals surface area contributed by atoms with Crippen molar-refractivity contribution in [1.82, 2.24) is 0 Å². The molecule has 0 aliphatic heterocycles. The van der Waals surface area contributed by atoms with Crippen molar-refractivity contribution in [3.63, 3.8) is 0 Å². The zero-order valence-corrected chi connectivity index (χ0v) is 5.89. The van der Waals surface area contributed by atoms with Crippen molar-refractivity contribution in [2.24, 2.45) is 0 Å². The van der Waals surface area contributed by atoms with Crippen LogP contribution in [0.15, 0.2) is 0 Å².